The Morgan fingerprint density at radius 3 is 2.50 bits per heavy atom. The van der Waals surface area contributed by atoms with E-state index in [9.17, 15) is 14.7 Å². The molecule has 20 heavy (non-hydrogen) atoms. The van der Waals surface area contributed by atoms with Crippen LogP contribution in [0.4, 0.5) is 4.79 Å². The Balaban J connectivity index is 1.70. The number of amides is 2. The van der Waals surface area contributed by atoms with E-state index >= 15 is 0 Å². The maximum absolute atomic E-state index is 11.8. The zero-order valence-electron chi connectivity index (χ0n) is 12.3. The number of hydrogen-bond donors (Lipinski definition) is 3. The second-order valence-corrected chi connectivity index (χ2v) is 6.41. The second-order valence-electron chi connectivity index (χ2n) is 6.41. The van der Waals surface area contributed by atoms with E-state index in [1.54, 1.807) is 0 Å². The number of rotatable bonds is 6. The summed E-state index contributed by atoms with van der Waals surface area (Å²) in [6.07, 6.45) is 7.20. The lowest BCUT2D eigenvalue weighted by Crippen LogP contribution is -2.43. The molecule has 3 N–H and O–H groups in total. The molecule has 2 amide bonds. The van der Waals surface area contributed by atoms with Crippen molar-refractivity contribution in [2.75, 3.05) is 13.1 Å². The first-order valence-corrected chi connectivity index (χ1v) is 7.81. The van der Waals surface area contributed by atoms with Gasteiger partial charge in [-0.1, -0.05) is 19.8 Å². The van der Waals surface area contributed by atoms with Gasteiger partial charge in [0.2, 0.25) is 0 Å². The van der Waals surface area contributed by atoms with E-state index in [4.69, 9.17) is 0 Å². The van der Waals surface area contributed by atoms with Crippen molar-refractivity contribution in [2.45, 2.75) is 51.9 Å². The molecule has 2 rings (SSSR count). The number of nitrogens with one attached hydrogen (secondary N) is 2. The van der Waals surface area contributed by atoms with Crippen molar-refractivity contribution in [1.82, 2.24) is 10.6 Å². The molecule has 2 aliphatic rings. The van der Waals surface area contributed by atoms with Crippen LogP contribution in [0.5, 0.6) is 0 Å². The monoisotopic (exact) mass is 282 g/mol. The molecule has 0 radical (unpaired) electrons. The maximum atomic E-state index is 11.8. The molecule has 2 aliphatic carbocycles. The number of carboxylic acid groups (broad SMARTS) is 1. The number of aliphatic carboxylic acids is 1. The smallest absolute Gasteiger partial charge is 0.314 e. The van der Waals surface area contributed by atoms with Gasteiger partial charge in [-0.3, -0.25) is 4.79 Å². The minimum atomic E-state index is -0.722. The molecule has 0 heterocycles. The van der Waals surface area contributed by atoms with E-state index < -0.39 is 5.97 Å². The highest BCUT2D eigenvalue weighted by molar-refractivity contribution is 5.74. The van der Waals surface area contributed by atoms with Gasteiger partial charge in [0.15, 0.2) is 0 Å². The van der Waals surface area contributed by atoms with Gasteiger partial charge in [-0.15, -0.1) is 0 Å². The molecule has 0 aromatic carbocycles. The van der Waals surface area contributed by atoms with Crippen LogP contribution in [0.15, 0.2) is 0 Å². The van der Waals surface area contributed by atoms with E-state index in [1.165, 1.54) is 12.8 Å². The van der Waals surface area contributed by atoms with E-state index in [1.807, 2.05) is 0 Å². The highest BCUT2D eigenvalue weighted by atomic mass is 16.4. The van der Waals surface area contributed by atoms with Gasteiger partial charge in [0.05, 0.1) is 5.92 Å². The zero-order valence-corrected chi connectivity index (χ0v) is 12.3. The highest BCUT2D eigenvalue weighted by Gasteiger charge is 2.40. The maximum Gasteiger partial charge on any atom is 0.314 e. The Bertz CT molecular complexity index is 366. The molecule has 5 nitrogen and oxygen atoms in total. The normalized spacial score (nSPS) is 27.6. The molecular weight excluding hydrogens is 256 g/mol. The molecule has 0 spiro atoms. The molecule has 0 aromatic heterocycles. The van der Waals surface area contributed by atoms with Gasteiger partial charge in [0.25, 0.3) is 0 Å². The zero-order chi connectivity index (χ0) is 14.6. The van der Waals surface area contributed by atoms with Crippen LogP contribution in [0.3, 0.4) is 0 Å². The van der Waals surface area contributed by atoms with Crippen LogP contribution in [-0.4, -0.2) is 30.2 Å². The minimum Gasteiger partial charge on any atom is -0.481 e. The highest BCUT2D eigenvalue weighted by Crippen LogP contribution is 2.47. The standard InChI is InChI=1S/C15H26N2O3/c1-2-15(7-8-15)10-17-14(20)16-9-11-5-3-4-6-12(11)13(18)19/h11-12H,2-10H2,1H3,(H,18,19)(H2,16,17,20). The summed E-state index contributed by atoms with van der Waals surface area (Å²) in [5.41, 5.74) is 0.339. The first kappa shape index (κ1) is 15.1. The van der Waals surface area contributed by atoms with Gasteiger partial charge in [-0.2, -0.15) is 0 Å². The fraction of sp³-hybridized carbons (Fsp3) is 0.867. The van der Waals surface area contributed by atoms with Crippen molar-refractivity contribution in [2.24, 2.45) is 17.3 Å². The largest absolute Gasteiger partial charge is 0.481 e. The van der Waals surface area contributed by atoms with E-state index in [2.05, 4.69) is 17.6 Å². The number of carbonyl (C=O) groups is 2. The Morgan fingerprint density at radius 1 is 1.20 bits per heavy atom. The molecule has 5 heteroatoms. The summed E-state index contributed by atoms with van der Waals surface area (Å²) < 4.78 is 0. The third-order valence-electron chi connectivity index (χ3n) is 5.08. The predicted molar refractivity (Wildman–Crippen MR) is 76.4 cm³/mol. The summed E-state index contributed by atoms with van der Waals surface area (Å²) in [5.74, 6) is -0.942. The fourth-order valence-electron chi connectivity index (χ4n) is 3.16. The summed E-state index contributed by atoms with van der Waals surface area (Å²) in [5, 5.41) is 15.0. The fourth-order valence-corrected chi connectivity index (χ4v) is 3.16. The summed E-state index contributed by atoms with van der Waals surface area (Å²) in [6, 6.07) is -0.153. The molecule has 2 saturated carbocycles. The second kappa shape index (κ2) is 6.46. The third kappa shape index (κ3) is 3.87. The predicted octanol–water partition coefficient (Wildman–Crippen LogP) is 2.37. The lowest BCUT2D eigenvalue weighted by atomic mass is 9.79. The quantitative estimate of drug-likeness (QED) is 0.700. The molecular formula is C15H26N2O3. The van der Waals surface area contributed by atoms with Gasteiger partial charge in [0, 0.05) is 13.1 Å². The first-order valence-electron chi connectivity index (χ1n) is 7.81. The van der Waals surface area contributed by atoms with Gasteiger partial charge >= 0.3 is 12.0 Å². The Kier molecular flexibility index (Phi) is 4.89. The van der Waals surface area contributed by atoms with Gasteiger partial charge in [-0.25, -0.2) is 4.79 Å². The molecule has 0 aliphatic heterocycles. The number of carbonyl (C=O) groups excluding carboxylic acids is 1. The lowest BCUT2D eigenvalue weighted by Gasteiger charge is -2.28. The molecule has 0 bridgehead atoms. The van der Waals surface area contributed by atoms with Crippen molar-refractivity contribution < 1.29 is 14.7 Å². The first-order chi connectivity index (χ1) is 9.56. The summed E-state index contributed by atoms with van der Waals surface area (Å²) in [6.45, 7) is 3.37. The Hall–Kier alpha value is -1.26. The summed E-state index contributed by atoms with van der Waals surface area (Å²) in [4.78, 5) is 23.0. The minimum absolute atomic E-state index is 0.0769. The Morgan fingerprint density at radius 2 is 1.90 bits per heavy atom. The van der Waals surface area contributed by atoms with Crippen molar-refractivity contribution in [3.63, 3.8) is 0 Å². The van der Waals surface area contributed by atoms with Gasteiger partial charge < -0.3 is 15.7 Å². The van der Waals surface area contributed by atoms with Crippen LogP contribution in [0.1, 0.15) is 51.9 Å². The van der Waals surface area contributed by atoms with Crippen LogP contribution < -0.4 is 10.6 Å². The van der Waals surface area contributed by atoms with E-state index in [0.29, 0.717) is 12.0 Å². The summed E-state index contributed by atoms with van der Waals surface area (Å²) in [7, 11) is 0. The Labute approximate surface area is 120 Å². The lowest BCUT2D eigenvalue weighted by molar-refractivity contribution is -0.144. The number of carboxylic acids is 1. The number of urea groups is 1. The SMILES string of the molecule is CCC1(CNC(=O)NCC2CCCCC2C(=O)O)CC1. The van der Waals surface area contributed by atoms with Crippen LogP contribution >= 0.6 is 0 Å². The molecule has 0 saturated heterocycles. The molecule has 2 atom stereocenters. The molecule has 2 fully saturated rings. The van der Waals surface area contributed by atoms with Crippen molar-refractivity contribution in [3.8, 4) is 0 Å². The van der Waals surface area contributed by atoms with Crippen molar-refractivity contribution >= 4 is 12.0 Å². The van der Waals surface area contributed by atoms with Crippen molar-refractivity contribution in [1.29, 1.82) is 0 Å². The van der Waals surface area contributed by atoms with Gasteiger partial charge in [0.1, 0.15) is 0 Å². The van der Waals surface area contributed by atoms with Gasteiger partial charge in [-0.05, 0) is 43.4 Å². The molecule has 0 aromatic rings. The van der Waals surface area contributed by atoms with Crippen LogP contribution in [0.25, 0.3) is 0 Å². The summed E-state index contributed by atoms with van der Waals surface area (Å²) >= 11 is 0. The average molecular weight is 282 g/mol. The van der Waals surface area contributed by atoms with Crippen LogP contribution in [0.2, 0.25) is 0 Å². The van der Waals surface area contributed by atoms with E-state index in [-0.39, 0.29) is 17.9 Å². The average Bonchev–Trinajstić information content (AvgIpc) is 3.24. The van der Waals surface area contributed by atoms with E-state index in [0.717, 1.165) is 38.6 Å². The third-order valence-corrected chi connectivity index (χ3v) is 5.08. The molecule has 114 valence electrons. The van der Waals surface area contributed by atoms with Crippen molar-refractivity contribution in [3.05, 3.63) is 0 Å². The topological polar surface area (TPSA) is 78.4 Å². The van der Waals surface area contributed by atoms with Crippen LogP contribution in [-0.2, 0) is 4.79 Å². The van der Waals surface area contributed by atoms with Crippen LogP contribution in [0, 0.1) is 17.3 Å². The molecule has 2 unspecified atom stereocenters. The number of hydrogen-bond acceptors (Lipinski definition) is 2.